The standard InChI is InChI=1S/C12H16N4OS/c1-6-4-9(8(3)18-6)7(2)15-12(17)10-5-14-16-11(10)13/h4-5,7H,1-3H3,(H,15,17)(H3,13,14,16). The van der Waals surface area contributed by atoms with E-state index in [1.54, 1.807) is 11.3 Å². The Morgan fingerprint density at radius 1 is 1.56 bits per heavy atom. The highest BCUT2D eigenvalue weighted by Gasteiger charge is 2.17. The van der Waals surface area contributed by atoms with Crippen LogP contribution in [0.25, 0.3) is 0 Å². The minimum absolute atomic E-state index is 0.0447. The molecule has 1 unspecified atom stereocenters. The summed E-state index contributed by atoms with van der Waals surface area (Å²) in [6.45, 7) is 6.08. The summed E-state index contributed by atoms with van der Waals surface area (Å²) < 4.78 is 0. The lowest BCUT2D eigenvalue weighted by atomic mass is 10.1. The third-order valence-electron chi connectivity index (χ3n) is 2.81. The molecule has 18 heavy (non-hydrogen) atoms. The molecule has 0 radical (unpaired) electrons. The molecule has 1 amide bonds. The summed E-state index contributed by atoms with van der Waals surface area (Å²) in [6.07, 6.45) is 1.43. The van der Waals surface area contributed by atoms with Crippen molar-refractivity contribution in [2.24, 2.45) is 0 Å². The zero-order valence-corrected chi connectivity index (χ0v) is 11.4. The Kier molecular flexibility index (Phi) is 3.38. The first kappa shape index (κ1) is 12.6. The van der Waals surface area contributed by atoms with Gasteiger partial charge in [-0.3, -0.25) is 9.89 Å². The molecule has 6 heteroatoms. The fourth-order valence-electron chi connectivity index (χ4n) is 1.91. The van der Waals surface area contributed by atoms with E-state index in [2.05, 4.69) is 35.4 Å². The first-order valence-corrected chi connectivity index (χ1v) is 6.47. The number of aromatic nitrogens is 2. The van der Waals surface area contributed by atoms with Crippen LogP contribution in [0.3, 0.4) is 0 Å². The number of hydrogen-bond donors (Lipinski definition) is 3. The van der Waals surface area contributed by atoms with Crippen molar-refractivity contribution in [1.82, 2.24) is 15.5 Å². The molecular formula is C12H16N4OS. The number of aryl methyl sites for hydroxylation is 2. The summed E-state index contributed by atoms with van der Waals surface area (Å²) in [5, 5.41) is 9.20. The third kappa shape index (κ3) is 2.38. The zero-order valence-electron chi connectivity index (χ0n) is 10.6. The van der Waals surface area contributed by atoms with Crippen LogP contribution >= 0.6 is 11.3 Å². The SMILES string of the molecule is Cc1cc(C(C)NC(=O)c2cn[nH]c2N)c(C)s1. The van der Waals surface area contributed by atoms with E-state index in [4.69, 9.17) is 5.73 Å². The van der Waals surface area contributed by atoms with Crippen LogP contribution in [0.15, 0.2) is 12.3 Å². The molecule has 4 N–H and O–H groups in total. The van der Waals surface area contributed by atoms with Gasteiger partial charge in [-0.05, 0) is 32.4 Å². The van der Waals surface area contributed by atoms with Crippen LogP contribution in [-0.2, 0) is 0 Å². The fourth-order valence-corrected chi connectivity index (χ4v) is 2.93. The molecule has 0 saturated carbocycles. The molecule has 0 aromatic carbocycles. The molecule has 0 spiro atoms. The van der Waals surface area contributed by atoms with Gasteiger partial charge >= 0.3 is 0 Å². The second kappa shape index (κ2) is 4.81. The Balaban J connectivity index is 2.13. The van der Waals surface area contributed by atoms with E-state index >= 15 is 0 Å². The first-order chi connectivity index (χ1) is 8.49. The zero-order chi connectivity index (χ0) is 13.3. The molecule has 0 aliphatic carbocycles. The number of thiophene rings is 1. The highest BCUT2D eigenvalue weighted by Crippen LogP contribution is 2.26. The highest BCUT2D eigenvalue weighted by molar-refractivity contribution is 7.12. The number of nitrogens with two attached hydrogens (primary N) is 1. The number of hydrogen-bond acceptors (Lipinski definition) is 4. The largest absolute Gasteiger partial charge is 0.383 e. The summed E-state index contributed by atoms with van der Waals surface area (Å²) in [6, 6.07) is 2.06. The van der Waals surface area contributed by atoms with Crippen molar-refractivity contribution >= 4 is 23.1 Å². The number of nitrogens with one attached hydrogen (secondary N) is 2. The van der Waals surface area contributed by atoms with Crippen LogP contribution in [-0.4, -0.2) is 16.1 Å². The van der Waals surface area contributed by atoms with Gasteiger partial charge in [-0.1, -0.05) is 0 Å². The molecular weight excluding hydrogens is 248 g/mol. The average Bonchev–Trinajstić information content (AvgIpc) is 2.84. The van der Waals surface area contributed by atoms with Crippen molar-refractivity contribution in [2.75, 3.05) is 5.73 Å². The van der Waals surface area contributed by atoms with Crippen molar-refractivity contribution in [3.8, 4) is 0 Å². The van der Waals surface area contributed by atoms with Gasteiger partial charge in [-0.25, -0.2) is 0 Å². The summed E-state index contributed by atoms with van der Waals surface area (Å²) in [4.78, 5) is 14.4. The molecule has 5 nitrogen and oxygen atoms in total. The van der Waals surface area contributed by atoms with Crippen molar-refractivity contribution < 1.29 is 4.79 Å². The molecule has 0 fully saturated rings. The van der Waals surface area contributed by atoms with Crippen LogP contribution in [0.1, 0.15) is 38.6 Å². The number of H-pyrrole nitrogens is 1. The first-order valence-electron chi connectivity index (χ1n) is 5.65. The third-order valence-corrected chi connectivity index (χ3v) is 3.79. The number of nitrogens with zero attached hydrogens (tertiary/aromatic N) is 1. The maximum absolute atomic E-state index is 12.0. The van der Waals surface area contributed by atoms with Crippen LogP contribution in [0.4, 0.5) is 5.82 Å². The lowest BCUT2D eigenvalue weighted by molar-refractivity contribution is 0.0941. The molecule has 0 saturated heterocycles. The normalized spacial score (nSPS) is 12.4. The van der Waals surface area contributed by atoms with Gasteiger partial charge in [0.25, 0.3) is 5.91 Å². The van der Waals surface area contributed by atoms with Gasteiger partial charge < -0.3 is 11.1 Å². The molecule has 2 aromatic rings. The second-order valence-corrected chi connectivity index (χ2v) is 5.72. The summed E-state index contributed by atoms with van der Waals surface area (Å²) in [7, 11) is 0. The number of rotatable bonds is 3. The van der Waals surface area contributed by atoms with Crippen molar-refractivity contribution in [2.45, 2.75) is 26.8 Å². The molecule has 2 heterocycles. The van der Waals surface area contributed by atoms with Crippen LogP contribution in [0.5, 0.6) is 0 Å². The summed E-state index contributed by atoms with van der Waals surface area (Å²) >= 11 is 1.73. The van der Waals surface area contributed by atoms with Crippen LogP contribution in [0, 0.1) is 13.8 Å². The molecule has 2 rings (SSSR count). The van der Waals surface area contributed by atoms with E-state index in [-0.39, 0.29) is 17.8 Å². The van der Waals surface area contributed by atoms with Crippen molar-refractivity contribution in [1.29, 1.82) is 0 Å². The van der Waals surface area contributed by atoms with E-state index in [1.165, 1.54) is 16.0 Å². The number of anilines is 1. The predicted molar refractivity (Wildman–Crippen MR) is 72.7 cm³/mol. The maximum atomic E-state index is 12.0. The number of aromatic amines is 1. The van der Waals surface area contributed by atoms with Crippen LogP contribution < -0.4 is 11.1 Å². The Morgan fingerprint density at radius 3 is 2.78 bits per heavy atom. The Hall–Kier alpha value is -1.82. The second-order valence-electron chi connectivity index (χ2n) is 4.26. The Labute approximate surface area is 109 Å². The van der Waals surface area contributed by atoms with E-state index in [9.17, 15) is 4.79 Å². The predicted octanol–water partition coefficient (Wildman–Crippen LogP) is 2.16. The van der Waals surface area contributed by atoms with E-state index < -0.39 is 0 Å². The monoisotopic (exact) mass is 264 g/mol. The van der Waals surface area contributed by atoms with Gasteiger partial charge in [-0.2, -0.15) is 5.10 Å². The summed E-state index contributed by atoms with van der Waals surface area (Å²) in [5.74, 6) is 0.0786. The average molecular weight is 264 g/mol. The Bertz CT molecular complexity index is 572. The molecule has 2 aromatic heterocycles. The number of carbonyl (C=O) groups is 1. The van der Waals surface area contributed by atoms with E-state index in [1.807, 2.05) is 6.92 Å². The smallest absolute Gasteiger partial charge is 0.257 e. The molecule has 0 aliphatic heterocycles. The summed E-state index contributed by atoms with van der Waals surface area (Å²) in [5.41, 5.74) is 7.14. The highest BCUT2D eigenvalue weighted by atomic mass is 32.1. The van der Waals surface area contributed by atoms with Gasteiger partial charge in [0.15, 0.2) is 0 Å². The topological polar surface area (TPSA) is 83.8 Å². The lowest BCUT2D eigenvalue weighted by Gasteiger charge is -2.13. The van der Waals surface area contributed by atoms with Crippen molar-refractivity contribution in [3.05, 3.63) is 33.1 Å². The van der Waals surface area contributed by atoms with Gasteiger partial charge in [0.05, 0.1) is 12.2 Å². The number of amides is 1. The molecule has 0 bridgehead atoms. The fraction of sp³-hybridized carbons (Fsp3) is 0.333. The van der Waals surface area contributed by atoms with Crippen molar-refractivity contribution in [3.63, 3.8) is 0 Å². The van der Waals surface area contributed by atoms with Gasteiger partial charge in [0.2, 0.25) is 0 Å². The van der Waals surface area contributed by atoms with E-state index in [0.717, 1.165) is 5.56 Å². The molecule has 0 aliphatic rings. The van der Waals surface area contributed by atoms with E-state index in [0.29, 0.717) is 5.56 Å². The minimum atomic E-state index is -0.211. The minimum Gasteiger partial charge on any atom is -0.383 e. The van der Waals surface area contributed by atoms with Crippen LogP contribution in [0.2, 0.25) is 0 Å². The Morgan fingerprint density at radius 2 is 2.28 bits per heavy atom. The lowest BCUT2D eigenvalue weighted by Crippen LogP contribution is -2.27. The number of carbonyl (C=O) groups excluding carboxylic acids is 1. The number of nitrogen functional groups attached to an aromatic ring is 1. The van der Waals surface area contributed by atoms with Gasteiger partial charge in [-0.15, -0.1) is 11.3 Å². The van der Waals surface area contributed by atoms with Gasteiger partial charge in [0.1, 0.15) is 11.4 Å². The van der Waals surface area contributed by atoms with Gasteiger partial charge in [0, 0.05) is 9.75 Å². The molecule has 1 atom stereocenters. The quantitative estimate of drug-likeness (QED) is 0.794. The maximum Gasteiger partial charge on any atom is 0.257 e. The molecule has 96 valence electrons.